The molecule has 0 atom stereocenters. The zero-order valence-corrected chi connectivity index (χ0v) is 8.42. The molecular formula is C11H9N3O2. The summed E-state index contributed by atoms with van der Waals surface area (Å²) in [6.45, 7) is 0. The molecule has 1 heterocycles. The van der Waals surface area contributed by atoms with Gasteiger partial charge >= 0.3 is 0 Å². The van der Waals surface area contributed by atoms with E-state index in [1.165, 1.54) is 0 Å². The number of aromatic nitrogens is 2. The summed E-state index contributed by atoms with van der Waals surface area (Å²) >= 11 is 0. The Labute approximate surface area is 92.0 Å². The predicted octanol–water partition coefficient (Wildman–Crippen LogP) is 1.90. The number of phenolic OH excluding ortho intramolecular Hbond substituents is 1. The monoisotopic (exact) mass is 215 g/mol. The number of aryl methyl sites for hydroxylation is 1. The molecule has 5 nitrogen and oxygen atoms in total. The molecule has 0 amide bonds. The van der Waals surface area contributed by atoms with E-state index >= 15 is 0 Å². The summed E-state index contributed by atoms with van der Waals surface area (Å²) in [5.74, 6) is 1.11. The van der Waals surface area contributed by atoms with Gasteiger partial charge in [-0.1, -0.05) is 5.16 Å². The van der Waals surface area contributed by atoms with Gasteiger partial charge in [0.05, 0.1) is 6.07 Å². The molecule has 0 unspecified atom stereocenters. The van der Waals surface area contributed by atoms with Crippen molar-refractivity contribution in [2.45, 2.75) is 12.8 Å². The molecule has 0 aliphatic rings. The average molecular weight is 215 g/mol. The van der Waals surface area contributed by atoms with Crippen LogP contribution in [0.3, 0.4) is 0 Å². The van der Waals surface area contributed by atoms with Crippen molar-refractivity contribution in [3.63, 3.8) is 0 Å². The van der Waals surface area contributed by atoms with Crippen LogP contribution in [0.5, 0.6) is 5.75 Å². The highest BCUT2D eigenvalue weighted by atomic mass is 16.5. The number of benzene rings is 1. The van der Waals surface area contributed by atoms with Crippen molar-refractivity contribution in [2.75, 3.05) is 0 Å². The van der Waals surface area contributed by atoms with Gasteiger partial charge in [0.15, 0.2) is 0 Å². The number of rotatable bonds is 3. The zero-order chi connectivity index (χ0) is 11.4. The van der Waals surface area contributed by atoms with E-state index in [4.69, 9.17) is 14.9 Å². The van der Waals surface area contributed by atoms with E-state index in [0.29, 0.717) is 24.6 Å². The van der Waals surface area contributed by atoms with E-state index in [1.807, 2.05) is 6.07 Å². The Balaban J connectivity index is 2.18. The third kappa shape index (κ3) is 2.17. The summed E-state index contributed by atoms with van der Waals surface area (Å²) < 4.78 is 4.98. The Hall–Kier alpha value is -2.35. The highest BCUT2D eigenvalue weighted by Gasteiger charge is 2.07. The van der Waals surface area contributed by atoms with E-state index in [1.54, 1.807) is 24.3 Å². The highest BCUT2D eigenvalue weighted by molar-refractivity contribution is 5.55. The van der Waals surface area contributed by atoms with Gasteiger partial charge in [-0.05, 0) is 24.3 Å². The lowest BCUT2D eigenvalue weighted by atomic mass is 10.2. The molecular weight excluding hydrogens is 206 g/mol. The van der Waals surface area contributed by atoms with Crippen molar-refractivity contribution in [2.24, 2.45) is 0 Å². The molecule has 0 saturated heterocycles. The molecule has 0 radical (unpaired) electrons. The Morgan fingerprint density at radius 1 is 1.31 bits per heavy atom. The van der Waals surface area contributed by atoms with Crippen molar-refractivity contribution in [1.82, 2.24) is 10.1 Å². The van der Waals surface area contributed by atoms with Crippen LogP contribution in [0.4, 0.5) is 0 Å². The van der Waals surface area contributed by atoms with E-state index in [0.717, 1.165) is 5.56 Å². The lowest BCUT2D eigenvalue weighted by Crippen LogP contribution is -1.84. The average Bonchev–Trinajstić information content (AvgIpc) is 2.76. The second-order valence-electron chi connectivity index (χ2n) is 3.22. The van der Waals surface area contributed by atoms with Gasteiger partial charge in [-0.15, -0.1) is 0 Å². The molecule has 0 aliphatic heterocycles. The molecule has 1 aromatic heterocycles. The largest absolute Gasteiger partial charge is 0.508 e. The molecule has 0 bridgehead atoms. The van der Waals surface area contributed by atoms with Crippen molar-refractivity contribution in [3.05, 3.63) is 30.2 Å². The fourth-order valence-corrected chi connectivity index (χ4v) is 1.25. The van der Waals surface area contributed by atoms with E-state index in [9.17, 15) is 0 Å². The Kier molecular flexibility index (Phi) is 2.83. The van der Waals surface area contributed by atoms with Gasteiger partial charge in [-0.3, -0.25) is 0 Å². The van der Waals surface area contributed by atoms with E-state index < -0.39 is 0 Å². The fraction of sp³-hybridized carbons (Fsp3) is 0.182. The van der Waals surface area contributed by atoms with Gasteiger partial charge < -0.3 is 9.63 Å². The molecule has 1 aromatic carbocycles. The minimum absolute atomic E-state index is 0.192. The maximum atomic E-state index is 9.12. The second kappa shape index (κ2) is 4.45. The third-order valence-electron chi connectivity index (χ3n) is 2.04. The summed E-state index contributed by atoms with van der Waals surface area (Å²) in [6, 6.07) is 8.53. The van der Waals surface area contributed by atoms with Gasteiger partial charge in [0, 0.05) is 18.4 Å². The smallest absolute Gasteiger partial charge is 0.227 e. The quantitative estimate of drug-likeness (QED) is 0.845. The van der Waals surface area contributed by atoms with Gasteiger partial charge in [-0.2, -0.15) is 10.2 Å². The van der Waals surface area contributed by atoms with Crippen molar-refractivity contribution in [1.29, 1.82) is 5.26 Å². The van der Waals surface area contributed by atoms with E-state index in [-0.39, 0.29) is 5.75 Å². The lowest BCUT2D eigenvalue weighted by molar-refractivity contribution is 0.380. The van der Waals surface area contributed by atoms with Crippen LogP contribution in [0.15, 0.2) is 28.8 Å². The van der Waals surface area contributed by atoms with Crippen LogP contribution >= 0.6 is 0 Å². The molecule has 0 spiro atoms. The standard InChI is InChI=1S/C11H9N3O2/c12-7-1-2-10-13-11(14-16-10)8-3-5-9(15)6-4-8/h3-6,15H,1-2H2. The van der Waals surface area contributed by atoms with Gasteiger partial charge in [0.25, 0.3) is 0 Å². The molecule has 2 aromatic rings. The van der Waals surface area contributed by atoms with Gasteiger partial charge in [0.1, 0.15) is 5.75 Å². The first kappa shape index (κ1) is 10.2. The van der Waals surface area contributed by atoms with Crippen LogP contribution in [0, 0.1) is 11.3 Å². The fourth-order valence-electron chi connectivity index (χ4n) is 1.25. The predicted molar refractivity (Wildman–Crippen MR) is 55.3 cm³/mol. The molecule has 2 rings (SSSR count). The van der Waals surface area contributed by atoms with E-state index in [2.05, 4.69) is 10.1 Å². The third-order valence-corrected chi connectivity index (χ3v) is 2.04. The Morgan fingerprint density at radius 2 is 2.06 bits per heavy atom. The minimum atomic E-state index is 0.192. The number of nitrogens with zero attached hydrogens (tertiary/aromatic N) is 3. The molecule has 0 fully saturated rings. The Bertz CT molecular complexity index is 511. The molecule has 80 valence electrons. The number of phenols is 1. The summed E-state index contributed by atoms with van der Waals surface area (Å²) in [7, 11) is 0. The topological polar surface area (TPSA) is 82.9 Å². The zero-order valence-electron chi connectivity index (χ0n) is 8.42. The number of hydrogen-bond acceptors (Lipinski definition) is 5. The second-order valence-corrected chi connectivity index (χ2v) is 3.22. The van der Waals surface area contributed by atoms with Crippen LogP contribution in [0.1, 0.15) is 12.3 Å². The normalized spacial score (nSPS) is 9.94. The first-order valence-corrected chi connectivity index (χ1v) is 4.78. The molecule has 5 heteroatoms. The maximum absolute atomic E-state index is 9.12. The van der Waals surface area contributed by atoms with Gasteiger partial charge in [0.2, 0.25) is 11.7 Å². The number of aromatic hydroxyl groups is 1. The summed E-state index contributed by atoms with van der Waals surface area (Å²) in [5.41, 5.74) is 0.768. The first-order chi connectivity index (χ1) is 7.79. The maximum Gasteiger partial charge on any atom is 0.227 e. The van der Waals surface area contributed by atoms with Crippen LogP contribution < -0.4 is 0 Å². The minimum Gasteiger partial charge on any atom is -0.508 e. The Morgan fingerprint density at radius 3 is 2.75 bits per heavy atom. The summed E-state index contributed by atoms with van der Waals surface area (Å²) in [5, 5.41) is 21.3. The van der Waals surface area contributed by atoms with Crippen molar-refractivity contribution < 1.29 is 9.63 Å². The first-order valence-electron chi connectivity index (χ1n) is 4.78. The number of hydrogen-bond donors (Lipinski definition) is 1. The number of nitriles is 1. The van der Waals surface area contributed by atoms with Crippen LogP contribution in [0.2, 0.25) is 0 Å². The molecule has 1 N–H and O–H groups in total. The molecule has 0 saturated carbocycles. The summed E-state index contributed by atoms with van der Waals surface area (Å²) in [4.78, 5) is 4.14. The highest BCUT2D eigenvalue weighted by Crippen LogP contribution is 2.19. The SMILES string of the molecule is N#CCCc1nc(-c2ccc(O)cc2)no1. The summed E-state index contributed by atoms with van der Waals surface area (Å²) in [6.07, 6.45) is 0.818. The molecule has 16 heavy (non-hydrogen) atoms. The van der Waals surface area contributed by atoms with Crippen LogP contribution in [0.25, 0.3) is 11.4 Å². The van der Waals surface area contributed by atoms with Gasteiger partial charge in [-0.25, -0.2) is 0 Å². The van der Waals surface area contributed by atoms with Crippen LogP contribution in [-0.4, -0.2) is 15.2 Å². The van der Waals surface area contributed by atoms with Crippen molar-refractivity contribution in [3.8, 4) is 23.2 Å². The van der Waals surface area contributed by atoms with Crippen LogP contribution in [-0.2, 0) is 6.42 Å². The molecule has 0 aliphatic carbocycles. The lowest BCUT2D eigenvalue weighted by Gasteiger charge is -1.93. The van der Waals surface area contributed by atoms with Crippen molar-refractivity contribution >= 4 is 0 Å².